The number of halogens is 2. The lowest BCUT2D eigenvalue weighted by atomic mass is 10.0. The van der Waals surface area contributed by atoms with Crippen LogP contribution in [0.1, 0.15) is 31.0 Å². The zero-order valence-corrected chi connectivity index (χ0v) is 13.0. The van der Waals surface area contributed by atoms with Crippen molar-refractivity contribution in [2.45, 2.75) is 32.9 Å². The maximum absolute atomic E-state index is 14.0. The fraction of sp³-hybridized carbons (Fsp3) is 0.625. The number of ether oxygens (including phenoxy) is 1. The van der Waals surface area contributed by atoms with Crippen molar-refractivity contribution in [3.05, 3.63) is 34.9 Å². The van der Waals surface area contributed by atoms with E-state index in [2.05, 4.69) is 17.1 Å². The highest BCUT2D eigenvalue weighted by molar-refractivity contribution is 5.27. The summed E-state index contributed by atoms with van der Waals surface area (Å²) in [5, 5.41) is 3.34. The van der Waals surface area contributed by atoms with Gasteiger partial charge in [0.05, 0.1) is 13.2 Å². The van der Waals surface area contributed by atoms with Crippen LogP contribution >= 0.6 is 0 Å². The van der Waals surface area contributed by atoms with Gasteiger partial charge < -0.3 is 10.1 Å². The molecule has 0 aliphatic carbocycles. The molecule has 2 atom stereocenters. The van der Waals surface area contributed by atoms with E-state index >= 15 is 0 Å². The van der Waals surface area contributed by atoms with Gasteiger partial charge in [-0.15, -0.1) is 0 Å². The largest absolute Gasteiger partial charge is 0.379 e. The topological polar surface area (TPSA) is 24.5 Å². The lowest BCUT2D eigenvalue weighted by molar-refractivity contribution is 0.0339. The average molecular weight is 298 g/mol. The molecule has 0 amide bonds. The number of hydrogen-bond acceptors (Lipinski definition) is 3. The van der Waals surface area contributed by atoms with Crippen molar-refractivity contribution in [1.82, 2.24) is 10.2 Å². The summed E-state index contributed by atoms with van der Waals surface area (Å²) in [5.41, 5.74) is 0.719. The van der Waals surface area contributed by atoms with E-state index in [1.54, 1.807) is 6.92 Å². The van der Waals surface area contributed by atoms with Crippen LogP contribution in [0.25, 0.3) is 0 Å². The number of rotatable bonds is 5. The van der Waals surface area contributed by atoms with E-state index in [9.17, 15) is 8.78 Å². The van der Waals surface area contributed by atoms with Crippen molar-refractivity contribution < 1.29 is 13.5 Å². The summed E-state index contributed by atoms with van der Waals surface area (Å²) in [6.07, 6.45) is 0. The molecular formula is C16H24F2N2O. The molecule has 2 rings (SSSR count). The van der Waals surface area contributed by atoms with Gasteiger partial charge in [-0.1, -0.05) is 0 Å². The molecule has 0 radical (unpaired) electrons. The second-order valence-electron chi connectivity index (χ2n) is 5.83. The molecule has 0 bridgehead atoms. The van der Waals surface area contributed by atoms with Crippen molar-refractivity contribution in [1.29, 1.82) is 0 Å². The molecule has 118 valence electrons. The van der Waals surface area contributed by atoms with Crippen LogP contribution in [0.4, 0.5) is 8.78 Å². The Labute approximate surface area is 125 Å². The molecule has 1 aliphatic rings. The lowest BCUT2D eigenvalue weighted by Crippen LogP contribution is -2.45. The Hall–Kier alpha value is -1.04. The first-order valence-electron chi connectivity index (χ1n) is 7.49. The quantitative estimate of drug-likeness (QED) is 0.904. The third kappa shape index (κ3) is 4.46. The fourth-order valence-electron chi connectivity index (χ4n) is 2.73. The summed E-state index contributed by atoms with van der Waals surface area (Å²) < 4.78 is 32.9. The van der Waals surface area contributed by atoms with Crippen molar-refractivity contribution in [3.63, 3.8) is 0 Å². The van der Waals surface area contributed by atoms with Crippen molar-refractivity contribution >= 4 is 0 Å². The molecule has 1 heterocycles. The molecule has 5 heteroatoms. The van der Waals surface area contributed by atoms with Crippen LogP contribution in [0.15, 0.2) is 12.1 Å². The number of benzene rings is 1. The Bertz CT molecular complexity index is 476. The third-order valence-corrected chi connectivity index (χ3v) is 3.91. The lowest BCUT2D eigenvalue weighted by Gasteiger charge is -2.30. The van der Waals surface area contributed by atoms with Gasteiger partial charge in [-0.25, -0.2) is 8.78 Å². The van der Waals surface area contributed by atoms with Crippen LogP contribution in [-0.2, 0) is 4.74 Å². The minimum Gasteiger partial charge on any atom is -0.379 e. The van der Waals surface area contributed by atoms with Gasteiger partial charge in [-0.05, 0) is 38.5 Å². The van der Waals surface area contributed by atoms with Gasteiger partial charge in [0.25, 0.3) is 0 Å². The summed E-state index contributed by atoms with van der Waals surface area (Å²) in [4.78, 5) is 2.32. The van der Waals surface area contributed by atoms with Crippen molar-refractivity contribution in [3.8, 4) is 0 Å². The van der Waals surface area contributed by atoms with Crippen LogP contribution in [0.5, 0.6) is 0 Å². The zero-order chi connectivity index (χ0) is 15.4. The highest BCUT2D eigenvalue weighted by Crippen LogP contribution is 2.21. The van der Waals surface area contributed by atoms with E-state index in [-0.39, 0.29) is 23.7 Å². The Morgan fingerprint density at radius 1 is 1.19 bits per heavy atom. The summed E-state index contributed by atoms with van der Waals surface area (Å²) in [5.74, 6) is -0.714. The number of nitrogens with one attached hydrogen (secondary N) is 1. The van der Waals surface area contributed by atoms with E-state index in [0.29, 0.717) is 11.1 Å². The Morgan fingerprint density at radius 3 is 2.52 bits per heavy atom. The monoisotopic (exact) mass is 298 g/mol. The predicted molar refractivity (Wildman–Crippen MR) is 79.4 cm³/mol. The van der Waals surface area contributed by atoms with Crippen LogP contribution in [0, 0.1) is 18.6 Å². The van der Waals surface area contributed by atoms with Crippen molar-refractivity contribution in [2.75, 3.05) is 32.8 Å². The molecule has 1 aromatic carbocycles. The van der Waals surface area contributed by atoms with E-state index in [1.807, 2.05) is 6.92 Å². The van der Waals surface area contributed by atoms with Gasteiger partial charge >= 0.3 is 0 Å². The smallest absolute Gasteiger partial charge is 0.128 e. The van der Waals surface area contributed by atoms with E-state index in [1.165, 1.54) is 12.1 Å². The molecule has 1 fully saturated rings. The molecule has 1 saturated heterocycles. The van der Waals surface area contributed by atoms with Gasteiger partial charge in [-0.3, -0.25) is 4.90 Å². The first kappa shape index (κ1) is 16.3. The van der Waals surface area contributed by atoms with Crippen molar-refractivity contribution in [2.24, 2.45) is 0 Å². The number of hydrogen-bond donors (Lipinski definition) is 1. The van der Waals surface area contributed by atoms with Gasteiger partial charge in [0.1, 0.15) is 11.6 Å². The molecule has 21 heavy (non-hydrogen) atoms. The minimum atomic E-state index is -0.360. The summed E-state index contributed by atoms with van der Waals surface area (Å²) in [6.45, 7) is 9.75. The van der Waals surface area contributed by atoms with Crippen LogP contribution in [0.2, 0.25) is 0 Å². The van der Waals surface area contributed by atoms with Gasteiger partial charge in [0, 0.05) is 37.3 Å². The second kappa shape index (κ2) is 7.29. The standard InChI is InChI=1S/C16H24F2N2O/c1-11-8-16(18)14(9-15(11)17)13(3)19-12(2)10-20-4-6-21-7-5-20/h8-9,12-13,19H,4-7,10H2,1-3H3. The molecular weight excluding hydrogens is 274 g/mol. The molecule has 0 spiro atoms. The maximum atomic E-state index is 14.0. The van der Waals surface area contributed by atoms with E-state index in [0.717, 1.165) is 32.8 Å². The maximum Gasteiger partial charge on any atom is 0.128 e. The Balaban J connectivity index is 1.93. The minimum absolute atomic E-state index is 0.196. The summed E-state index contributed by atoms with van der Waals surface area (Å²) >= 11 is 0. The first-order chi connectivity index (χ1) is 9.97. The van der Waals surface area contributed by atoms with Crippen LogP contribution in [-0.4, -0.2) is 43.8 Å². The molecule has 2 unspecified atom stereocenters. The molecule has 1 aromatic rings. The number of morpholine rings is 1. The highest BCUT2D eigenvalue weighted by Gasteiger charge is 2.18. The van der Waals surface area contributed by atoms with Gasteiger partial charge in [0.15, 0.2) is 0 Å². The highest BCUT2D eigenvalue weighted by atomic mass is 19.1. The molecule has 1 N–H and O–H groups in total. The average Bonchev–Trinajstić information content (AvgIpc) is 2.43. The normalized spacial score (nSPS) is 19.5. The van der Waals surface area contributed by atoms with Gasteiger partial charge in [0.2, 0.25) is 0 Å². The Kier molecular flexibility index (Phi) is 5.67. The van der Waals surface area contributed by atoms with E-state index in [4.69, 9.17) is 4.74 Å². The summed E-state index contributed by atoms with van der Waals surface area (Å²) in [6, 6.07) is 2.53. The first-order valence-corrected chi connectivity index (χ1v) is 7.49. The molecule has 1 aliphatic heterocycles. The zero-order valence-electron chi connectivity index (χ0n) is 13.0. The molecule has 3 nitrogen and oxygen atoms in total. The summed E-state index contributed by atoms with van der Waals surface area (Å²) in [7, 11) is 0. The molecule has 0 saturated carbocycles. The fourth-order valence-corrected chi connectivity index (χ4v) is 2.73. The predicted octanol–water partition coefficient (Wildman–Crippen LogP) is 2.64. The number of nitrogens with zero attached hydrogens (tertiary/aromatic N) is 1. The second-order valence-corrected chi connectivity index (χ2v) is 5.83. The number of aryl methyl sites for hydroxylation is 1. The van der Waals surface area contributed by atoms with Gasteiger partial charge in [-0.2, -0.15) is 0 Å². The van der Waals surface area contributed by atoms with Crippen LogP contribution < -0.4 is 5.32 Å². The molecule has 0 aromatic heterocycles. The SMILES string of the molecule is Cc1cc(F)c(C(C)NC(C)CN2CCOCC2)cc1F. The van der Waals surface area contributed by atoms with Crippen LogP contribution in [0.3, 0.4) is 0 Å². The Morgan fingerprint density at radius 2 is 1.86 bits per heavy atom. The van der Waals surface area contributed by atoms with E-state index < -0.39 is 0 Å². The third-order valence-electron chi connectivity index (χ3n) is 3.91.